The number of halogens is 2. The minimum atomic E-state index is -0.824. The smallest absolute Gasteiger partial charge is 0.321 e. The van der Waals surface area contributed by atoms with E-state index in [1.54, 1.807) is 21.9 Å². The number of nitrogens with zero attached hydrogens (tertiary/aromatic N) is 3. The summed E-state index contributed by atoms with van der Waals surface area (Å²) in [7, 11) is 0. The van der Waals surface area contributed by atoms with E-state index in [0.717, 1.165) is 28.1 Å². The maximum Gasteiger partial charge on any atom is 0.321 e. The van der Waals surface area contributed by atoms with E-state index in [2.05, 4.69) is 15.5 Å². The van der Waals surface area contributed by atoms with Gasteiger partial charge in [-0.15, -0.1) is 0 Å². The van der Waals surface area contributed by atoms with E-state index in [9.17, 15) is 14.4 Å². The minimum absolute atomic E-state index is 0.0465. The van der Waals surface area contributed by atoms with Gasteiger partial charge in [0.25, 0.3) is 5.91 Å². The third-order valence-corrected chi connectivity index (χ3v) is 8.74. The normalized spacial score (nSPS) is 16.2. The van der Waals surface area contributed by atoms with Gasteiger partial charge in [-0.25, -0.2) is 4.79 Å². The lowest BCUT2D eigenvalue weighted by atomic mass is 9.85. The van der Waals surface area contributed by atoms with Crippen molar-refractivity contribution in [2.24, 2.45) is 0 Å². The first-order chi connectivity index (χ1) is 20.2. The maximum absolute atomic E-state index is 14.0. The van der Waals surface area contributed by atoms with Crippen LogP contribution in [-0.2, 0) is 16.0 Å². The number of urea groups is 1. The van der Waals surface area contributed by atoms with Gasteiger partial charge in [0.05, 0.1) is 6.67 Å². The molecule has 0 radical (unpaired) electrons. The molecule has 2 saturated heterocycles. The Labute approximate surface area is 256 Å². The standard InChI is InChI=1S/C32H35Cl2N5O3/c1-22-8-11-28(23(2)18-22)36-31(42)37-16-13-32(14-17-37)30(41)38(21-39(32)26-6-4-3-5-7-26)20-29(40)35-15-12-24-9-10-25(33)19-27(24)34/h3-11,18-19H,12-17,20-21H2,1-2H3,(H,35,40)(H,36,42). The van der Waals surface area contributed by atoms with Crippen molar-refractivity contribution in [2.75, 3.05) is 43.1 Å². The molecule has 0 bridgehead atoms. The van der Waals surface area contributed by atoms with Crippen LogP contribution < -0.4 is 15.5 Å². The molecule has 0 unspecified atom stereocenters. The van der Waals surface area contributed by atoms with E-state index in [0.29, 0.717) is 55.6 Å². The van der Waals surface area contributed by atoms with Crippen molar-refractivity contribution in [2.45, 2.75) is 38.6 Å². The first-order valence-corrected chi connectivity index (χ1v) is 14.9. The van der Waals surface area contributed by atoms with E-state index >= 15 is 0 Å². The maximum atomic E-state index is 14.0. The molecular formula is C32H35Cl2N5O3. The highest BCUT2D eigenvalue weighted by Gasteiger charge is 2.54. The molecule has 0 aromatic heterocycles. The number of rotatable bonds is 7. The second-order valence-corrected chi connectivity index (χ2v) is 11.9. The van der Waals surface area contributed by atoms with Gasteiger partial charge in [-0.3, -0.25) is 9.59 Å². The average Bonchev–Trinajstić information content (AvgIpc) is 3.22. The summed E-state index contributed by atoms with van der Waals surface area (Å²) in [6.07, 6.45) is 1.48. The number of hydrogen-bond donors (Lipinski definition) is 2. The predicted octanol–water partition coefficient (Wildman–Crippen LogP) is 5.64. The molecule has 0 saturated carbocycles. The topological polar surface area (TPSA) is 85.0 Å². The molecule has 0 aliphatic carbocycles. The van der Waals surface area contributed by atoms with Gasteiger partial charge in [-0.1, -0.05) is 65.2 Å². The third-order valence-electron chi connectivity index (χ3n) is 8.15. The van der Waals surface area contributed by atoms with Crippen LogP contribution in [0.3, 0.4) is 0 Å². The fourth-order valence-corrected chi connectivity index (χ4v) is 6.34. The van der Waals surface area contributed by atoms with Crippen LogP contribution in [0.25, 0.3) is 0 Å². The summed E-state index contributed by atoms with van der Waals surface area (Å²) < 4.78 is 0. The molecule has 0 atom stereocenters. The van der Waals surface area contributed by atoms with E-state index < -0.39 is 5.54 Å². The Hall–Kier alpha value is -3.75. The zero-order chi connectivity index (χ0) is 29.9. The van der Waals surface area contributed by atoms with Crippen LogP contribution in [0.1, 0.15) is 29.5 Å². The largest absolute Gasteiger partial charge is 0.354 e. The third kappa shape index (κ3) is 6.35. The number of piperidine rings is 1. The molecule has 220 valence electrons. The number of hydrogen-bond acceptors (Lipinski definition) is 4. The Morgan fingerprint density at radius 1 is 0.952 bits per heavy atom. The van der Waals surface area contributed by atoms with Crippen molar-refractivity contribution < 1.29 is 14.4 Å². The molecule has 3 aromatic rings. The summed E-state index contributed by atoms with van der Waals surface area (Å²) in [5, 5.41) is 7.05. The Kier molecular flexibility index (Phi) is 8.94. The van der Waals surface area contributed by atoms with Gasteiger partial charge in [-0.2, -0.15) is 0 Å². The summed E-state index contributed by atoms with van der Waals surface area (Å²) in [5.41, 5.74) is 3.90. The summed E-state index contributed by atoms with van der Waals surface area (Å²) in [6.45, 7) is 5.48. The summed E-state index contributed by atoms with van der Waals surface area (Å²) in [5.74, 6) is -0.319. The molecule has 8 nitrogen and oxygen atoms in total. The van der Waals surface area contributed by atoms with Crippen LogP contribution in [0, 0.1) is 13.8 Å². The van der Waals surface area contributed by atoms with Crippen LogP contribution >= 0.6 is 23.2 Å². The highest BCUT2D eigenvalue weighted by Crippen LogP contribution is 2.39. The van der Waals surface area contributed by atoms with E-state index in [-0.39, 0.29) is 24.4 Å². The Bertz CT molecular complexity index is 1470. The molecule has 5 rings (SSSR count). The second kappa shape index (κ2) is 12.6. The summed E-state index contributed by atoms with van der Waals surface area (Å²) >= 11 is 12.2. The summed E-state index contributed by atoms with van der Waals surface area (Å²) in [4.78, 5) is 45.5. The lowest BCUT2D eigenvalue weighted by Crippen LogP contribution is -2.58. The molecule has 2 aliphatic heterocycles. The van der Waals surface area contributed by atoms with Gasteiger partial charge in [-0.05, 0) is 74.6 Å². The minimum Gasteiger partial charge on any atom is -0.354 e. The van der Waals surface area contributed by atoms with Crippen LogP contribution in [0.15, 0.2) is 66.7 Å². The van der Waals surface area contributed by atoms with Gasteiger partial charge < -0.3 is 25.3 Å². The number of para-hydroxylation sites is 1. The van der Waals surface area contributed by atoms with Crippen LogP contribution in [0.5, 0.6) is 0 Å². The molecule has 42 heavy (non-hydrogen) atoms. The van der Waals surface area contributed by atoms with Crippen molar-refractivity contribution in [3.05, 3.63) is 93.5 Å². The van der Waals surface area contributed by atoms with Gasteiger partial charge in [0, 0.05) is 41.1 Å². The van der Waals surface area contributed by atoms with Crippen LogP contribution in [0.2, 0.25) is 10.0 Å². The lowest BCUT2D eigenvalue weighted by molar-refractivity contribution is -0.137. The fraction of sp³-hybridized carbons (Fsp3) is 0.344. The molecule has 1 spiro atoms. The molecule has 3 aromatic carbocycles. The highest BCUT2D eigenvalue weighted by atomic mass is 35.5. The number of benzene rings is 3. The van der Waals surface area contributed by atoms with Gasteiger partial charge >= 0.3 is 6.03 Å². The molecule has 10 heteroatoms. The number of amides is 4. The SMILES string of the molecule is Cc1ccc(NC(=O)N2CCC3(CC2)C(=O)N(CC(=O)NCCc2ccc(Cl)cc2Cl)CN3c2ccccc2)c(C)c1. The number of aryl methyl sites for hydroxylation is 2. The molecule has 2 heterocycles. The van der Waals surface area contributed by atoms with Crippen LogP contribution in [-0.4, -0.2) is 66.0 Å². The number of carbonyl (C=O) groups excluding carboxylic acids is 3. The van der Waals surface area contributed by atoms with Crippen molar-refractivity contribution >= 4 is 52.4 Å². The van der Waals surface area contributed by atoms with Gasteiger partial charge in [0.1, 0.15) is 12.1 Å². The van der Waals surface area contributed by atoms with E-state index in [4.69, 9.17) is 23.2 Å². The average molecular weight is 609 g/mol. The molecule has 2 aliphatic rings. The van der Waals surface area contributed by atoms with Gasteiger partial charge in [0.15, 0.2) is 0 Å². The quantitative estimate of drug-likeness (QED) is 0.364. The van der Waals surface area contributed by atoms with Crippen LogP contribution in [0.4, 0.5) is 16.2 Å². The van der Waals surface area contributed by atoms with Crippen molar-refractivity contribution in [3.8, 4) is 0 Å². The summed E-state index contributed by atoms with van der Waals surface area (Å²) in [6, 6.07) is 20.8. The molecule has 4 amide bonds. The number of nitrogens with one attached hydrogen (secondary N) is 2. The van der Waals surface area contributed by atoms with Gasteiger partial charge in [0.2, 0.25) is 5.91 Å². The Morgan fingerprint density at radius 3 is 2.38 bits per heavy atom. The number of likely N-dealkylation sites (tertiary alicyclic amines) is 1. The second-order valence-electron chi connectivity index (χ2n) is 11.0. The molecule has 2 fully saturated rings. The zero-order valence-corrected chi connectivity index (χ0v) is 25.3. The highest BCUT2D eigenvalue weighted by molar-refractivity contribution is 6.35. The Balaban J connectivity index is 1.24. The Morgan fingerprint density at radius 2 is 1.69 bits per heavy atom. The van der Waals surface area contributed by atoms with E-state index in [1.165, 1.54) is 0 Å². The zero-order valence-electron chi connectivity index (χ0n) is 23.8. The van der Waals surface area contributed by atoms with Crippen molar-refractivity contribution in [3.63, 3.8) is 0 Å². The first kappa shape index (κ1) is 29.7. The monoisotopic (exact) mass is 607 g/mol. The lowest BCUT2D eigenvalue weighted by Gasteiger charge is -2.43. The predicted molar refractivity (Wildman–Crippen MR) is 167 cm³/mol. The van der Waals surface area contributed by atoms with E-state index in [1.807, 2.05) is 68.4 Å². The number of anilines is 2. The first-order valence-electron chi connectivity index (χ1n) is 14.1. The fourth-order valence-electron chi connectivity index (χ4n) is 5.84. The number of carbonyl (C=O) groups is 3. The molecule has 2 N–H and O–H groups in total. The molecular weight excluding hydrogens is 573 g/mol. The van der Waals surface area contributed by atoms with Crippen molar-refractivity contribution in [1.82, 2.24) is 15.1 Å². The van der Waals surface area contributed by atoms with Crippen molar-refractivity contribution in [1.29, 1.82) is 0 Å².